The van der Waals surface area contributed by atoms with E-state index >= 15 is 0 Å². The highest BCUT2D eigenvalue weighted by Crippen LogP contribution is 2.36. The number of fused-ring (bicyclic) bond motifs is 1. The molecule has 3 saturated heterocycles. The first-order valence-corrected chi connectivity index (χ1v) is 14.0. The van der Waals surface area contributed by atoms with E-state index in [4.69, 9.17) is 21.1 Å². The van der Waals surface area contributed by atoms with Gasteiger partial charge in [0.1, 0.15) is 35.9 Å². The molecule has 2 unspecified atom stereocenters. The molecule has 0 aliphatic carbocycles. The fourth-order valence-electron chi connectivity index (χ4n) is 5.52. The number of carbonyl (C=O) groups excluding carboxylic acids is 1. The van der Waals surface area contributed by atoms with Gasteiger partial charge in [-0.25, -0.2) is 0 Å². The predicted molar refractivity (Wildman–Crippen MR) is 136 cm³/mol. The van der Waals surface area contributed by atoms with Gasteiger partial charge in [-0.05, 0) is 44.4 Å². The number of aliphatic hydroxyl groups is 3. The number of hydrogen-bond acceptors (Lipinski definition) is 8. The van der Waals surface area contributed by atoms with Crippen LogP contribution in [-0.2, 0) is 14.3 Å². The molecule has 1 aromatic carbocycles. The Labute approximate surface area is 216 Å². The van der Waals surface area contributed by atoms with Crippen LogP contribution in [0.2, 0.25) is 0 Å². The Morgan fingerprint density at radius 2 is 1.91 bits per heavy atom. The fraction of sp³-hybridized carbons (Fsp3) is 0.720. The molecular weight excluding hydrogens is 492 g/mol. The highest BCUT2D eigenvalue weighted by atomic mass is 35.5. The highest BCUT2D eigenvalue weighted by molar-refractivity contribution is 7.99. The standard InChI is InChI=1S/C25H37ClN2O6S/c1-12-4-6-14(7-5-12)15-8-9-33-22-16(10-15)11-27-18(22)24(32)28-17(13(2)26)23-20(30)19(29)21(31)25(34-23)35-3/h4-7,13,15-23,25,27,29-31H,8-11H2,1-3H3,(H,28,32)/t13-,15+,16-,17+,18-,19+,20?,21+,22+,23+,25?/m0/s1. The van der Waals surface area contributed by atoms with Crippen LogP contribution in [0, 0.1) is 12.8 Å². The molecule has 1 amide bonds. The van der Waals surface area contributed by atoms with Crippen molar-refractivity contribution in [2.75, 3.05) is 19.4 Å². The summed E-state index contributed by atoms with van der Waals surface area (Å²) in [6, 6.07) is 7.30. The van der Waals surface area contributed by atoms with Crippen LogP contribution in [-0.4, -0.2) is 94.1 Å². The maximum atomic E-state index is 13.4. The molecule has 4 rings (SSSR count). The zero-order valence-corrected chi connectivity index (χ0v) is 21.9. The number of nitrogens with one attached hydrogen (secondary N) is 2. The van der Waals surface area contributed by atoms with Crippen LogP contribution in [0.1, 0.15) is 36.8 Å². The molecule has 3 heterocycles. The molecule has 196 valence electrons. The first-order chi connectivity index (χ1) is 16.7. The van der Waals surface area contributed by atoms with E-state index in [0.717, 1.165) is 12.8 Å². The summed E-state index contributed by atoms with van der Waals surface area (Å²) in [5, 5.41) is 36.8. The average molecular weight is 529 g/mol. The smallest absolute Gasteiger partial charge is 0.240 e. The van der Waals surface area contributed by atoms with Gasteiger partial charge in [-0.15, -0.1) is 23.4 Å². The van der Waals surface area contributed by atoms with E-state index in [9.17, 15) is 20.1 Å². The minimum absolute atomic E-state index is 0.195. The van der Waals surface area contributed by atoms with Crippen LogP contribution in [0.5, 0.6) is 0 Å². The zero-order valence-electron chi connectivity index (χ0n) is 20.3. The minimum atomic E-state index is -1.40. The Balaban J connectivity index is 1.44. The van der Waals surface area contributed by atoms with Gasteiger partial charge in [-0.3, -0.25) is 4.79 Å². The molecule has 11 atom stereocenters. The zero-order chi connectivity index (χ0) is 25.3. The van der Waals surface area contributed by atoms with Gasteiger partial charge in [-0.2, -0.15) is 0 Å². The number of aliphatic hydroxyl groups excluding tert-OH is 3. The van der Waals surface area contributed by atoms with E-state index < -0.39 is 47.3 Å². The molecule has 3 aliphatic heterocycles. The first kappa shape index (κ1) is 27.1. The summed E-state index contributed by atoms with van der Waals surface area (Å²) in [6.45, 7) is 5.03. The number of hydrogen-bond donors (Lipinski definition) is 5. The van der Waals surface area contributed by atoms with Crippen molar-refractivity contribution in [2.24, 2.45) is 5.92 Å². The molecule has 5 N–H and O–H groups in total. The maximum absolute atomic E-state index is 13.4. The first-order valence-electron chi connectivity index (χ1n) is 12.3. The van der Waals surface area contributed by atoms with Crippen molar-refractivity contribution in [3.8, 4) is 0 Å². The van der Waals surface area contributed by atoms with Crippen molar-refractivity contribution in [1.82, 2.24) is 10.6 Å². The lowest BCUT2D eigenvalue weighted by Gasteiger charge is -2.44. The molecule has 0 radical (unpaired) electrons. The predicted octanol–water partition coefficient (Wildman–Crippen LogP) is 1.13. The lowest BCUT2D eigenvalue weighted by atomic mass is 9.85. The Kier molecular flexibility index (Phi) is 9.03. The van der Waals surface area contributed by atoms with Gasteiger partial charge in [0.25, 0.3) is 0 Å². The monoisotopic (exact) mass is 528 g/mol. The van der Waals surface area contributed by atoms with Crippen molar-refractivity contribution in [3.63, 3.8) is 0 Å². The molecule has 3 fully saturated rings. The van der Waals surface area contributed by atoms with Gasteiger partial charge in [0.05, 0.1) is 17.5 Å². The summed E-state index contributed by atoms with van der Waals surface area (Å²) in [5.41, 5.74) is 1.79. The maximum Gasteiger partial charge on any atom is 0.240 e. The van der Waals surface area contributed by atoms with Crippen molar-refractivity contribution >= 4 is 29.3 Å². The SMILES string of the molecule is CSC1O[C@H]([C@H](NC(=O)[C@H]2NC[C@@H]3C[C@H](c4ccc(C)cc4)CCO[C@H]32)[C@H](C)Cl)C(O)[C@@H](O)[C@H]1O. The third-order valence-corrected chi connectivity index (χ3v) is 8.71. The molecule has 0 aromatic heterocycles. The lowest BCUT2D eigenvalue weighted by Crippen LogP contribution is -2.65. The molecule has 0 spiro atoms. The van der Waals surface area contributed by atoms with Crippen LogP contribution in [0.3, 0.4) is 0 Å². The van der Waals surface area contributed by atoms with Crippen molar-refractivity contribution < 1.29 is 29.6 Å². The van der Waals surface area contributed by atoms with Gasteiger partial charge in [0.15, 0.2) is 0 Å². The second kappa shape index (κ2) is 11.6. The summed E-state index contributed by atoms with van der Waals surface area (Å²) >= 11 is 7.64. The number of benzene rings is 1. The second-order valence-electron chi connectivity index (χ2n) is 10.0. The van der Waals surface area contributed by atoms with Gasteiger partial charge >= 0.3 is 0 Å². The number of amides is 1. The van der Waals surface area contributed by atoms with Gasteiger partial charge in [0, 0.05) is 19.1 Å². The molecule has 0 bridgehead atoms. The molecule has 1 aromatic rings. The lowest BCUT2D eigenvalue weighted by molar-refractivity contribution is -0.205. The highest BCUT2D eigenvalue weighted by Gasteiger charge is 2.49. The van der Waals surface area contributed by atoms with E-state index in [-0.39, 0.29) is 17.9 Å². The Morgan fingerprint density at radius 3 is 2.57 bits per heavy atom. The van der Waals surface area contributed by atoms with Gasteiger partial charge < -0.3 is 35.4 Å². The number of thioether (sulfide) groups is 1. The molecule has 10 heteroatoms. The van der Waals surface area contributed by atoms with E-state index in [1.54, 1.807) is 13.2 Å². The van der Waals surface area contributed by atoms with Gasteiger partial charge in [0.2, 0.25) is 5.91 Å². The number of rotatable bonds is 6. The number of aryl methyl sites for hydroxylation is 1. The third kappa shape index (κ3) is 5.83. The van der Waals surface area contributed by atoms with Crippen LogP contribution >= 0.6 is 23.4 Å². The number of ether oxygens (including phenoxy) is 2. The van der Waals surface area contributed by atoms with Crippen molar-refractivity contribution in [3.05, 3.63) is 35.4 Å². The molecular formula is C25H37ClN2O6S. The Bertz CT molecular complexity index is 859. The summed E-state index contributed by atoms with van der Waals surface area (Å²) in [6.07, 6.45) is -1.69. The van der Waals surface area contributed by atoms with Crippen LogP contribution in [0.4, 0.5) is 0 Å². The quantitative estimate of drug-likeness (QED) is 0.349. The van der Waals surface area contributed by atoms with E-state index in [1.165, 1.54) is 22.9 Å². The minimum Gasteiger partial charge on any atom is -0.388 e. The Hall–Kier alpha value is -0.910. The summed E-state index contributed by atoms with van der Waals surface area (Å²) < 4.78 is 12.1. The van der Waals surface area contributed by atoms with Crippen LogP contribution in [0.25, 0.3) is 0 Å². The molecule has 35 heavy (non-hydrogen) atoms. The molecule has 3 aliphatic rings. The van der Waals surface area contributed by atoms with E-state index in [1.807, 2.05) is 0 Å². The number of carbonyl (C=O) groups is 1. The number of alkyl halides is 1. The third-order valence-electron chi connectivity index (χ3n) is 7.58. The summed E-state index contributed by atoms with van der Waals surface area (Å²) in [5.74, 6) is 0.300. The van der Waals surface area contributed by atoms with Crippen molar-refractivity contribution in [2.45, 2.75) is 86.0 Å². The summed E-state index contributed by atoms with van der Waals surface area (Å²) in [4.78, 5) is 13.4. The average Bonchev–Trinajstić information content (AvgIpc) is 3.12. The largest absolute Gasteiger partial charge is 0.388 e. The Morgan fingerprint density at radius 1 is 1.20 bits per heavy atom. The van der Waals surface area contributed by atoms with Gasteiger partial charge in [-0.1, -0.05) is 29.8 Å². The van der Waals surface area contributed by atoms with Crippen molar-refractivity contribution in [1.29, 1.82) is 0 Å². The normalized spacial score (nSPS) is 39.3. The van der Waals surface area contributed by atoms with E-state index in [0.29, 0.717) is 19.1 Å². The fourth-order valence-corrected chi connectivity index (χ4v) is 6.41. The topological polar surface area (TPSA) is 120 Å². The summed E-state index contributed by atoms with van der Waals surface area (Å²) in [7, 11) is 0. The second-order valence-corrected chi connectivity index (χ2v) is 11.6. The molecule has 0 saturated carbocycles. The van der Waals surface area contributed by atoms with Crippen LogP contribution < -0.4 is 10.6 Å². The van der Waals surface area contributed by atoms with Crippen LogP contribution in [0.15, 0.2) is 24.3 Å². The van der Waals surface area contributed by atoms with E-state index in [2.05, 4.69) is 41.8 Å². The molecule has 8 nitrogen and oxygen atoms in total. The number of halogens is 1.